The normalized spacial score (nSPS) is 12.4. The third-order valence-corrected chi connectivity index (χ3v) is 6.22. The van der Waals surface area contributed by atoms with E-state index in [0.29, 0.717) is 19.3 Å². The second-order valence-corrected chi connectivity index (χ2v) is 9.83. The molecule has 0 rings (SSSR count). The smallest absolute Gasteiger partial charge is 0.306 e. The van der Waals surface area contributed by atoms with Gasteiger partial charge in [-0.25, -0.2) is 0 Å². The molecule has 0 spiro atoms. The molecule has 0 fully saturated rings. The summed E-state index contributed by atoms with van der Waals surface area (Å²) in [7, 11) is 0. The number of esters is 2. The van der Waals surface area contributed by atoms with E-state index < -0.39 is 6.10 Å². The molecular weight excluding hydrogens is 452 g/mol. The topological polar surface area (TPSA) is 72.8 Å². The summed E-state index contributed by atoms with van der Waals surface area (Å²) in [4.78, 5) is 23.3. The molecule has 0 radical (unpaired) electrons. The predicted molar refractivity (Wildman–Crippen MR) is 150 cm³/mol. The molecule has 0 aliphatic carbocycles. The van der Waals surface area contributed by atoms with Crippen LogP contribution in [0.25, 0.3) is 0 Å². The van der Waals surface area contributed by atoms with Crippen LogP contribution in [-0.2, 0) is 19.1 Å². The predicted octanol–water partition coefficient (Wildman–Crippen LogP) is 8.39. The lowest BCUT2D eigenvalue weighted by Crippen LogP contribution is -2.28. The van der Waals surface area contributed by atoms with E-state index in [1.54, 1.807) is 0 Å². The van der Waals surface area contributed by atoms with Crippen molar-refractivity contribution in [2.75, 3.05) is 13.2 Å². The molecule has 5 heteroatoms. The number of aliphatic hydroxyl groups excluding tert-OH is 1. The molecule has 36 heavy (non-hydrogen) atoms. The number of carbonyl (C=O) groups excluding carboxylic acids is 2. The molecule has 1 unspecified atom stereocenters. The van der Waals surface area contributed by atoms with Gasteiger partial charge in [0.1, 0.15) is 6.61 Å². The highest BCUT2D eigenvalue weighted by atomic mass is 16.6. The molecule has 0 aromatic heterocycles. The fourth-order valence-electron chi connectivity index (χ4n) is 3.97. The summed E-state index contributed by atoms with van der Waals surface area (Å²) < 4.78 is 10.2. The zero-order valence-corrected chi connectivity index (χ0v) is 23.5. The van der Waals surface area contributed by atoms with Crippen molar-refractivity contribution >= 4 is 11.9 Å². The Morgan fingerprint density at radius 3 is 1.69 bits per heavy atom. The summed E-state index contributed by atoms with van der Waals surface area (Å²) in [5, 5.41) is 9.29. The average Bonchev–Trinajstić information content (AvgIpc) is 2.87. The van der Waals surface area contributed by atoms with E-state index in [4.69, 9.17) is 9.47 Å². The van der Waals surface area contributed by atoms with Crippen LogP contribution in [-0.4, -0.2) is 36.4 Å². The van der Waals surface area contributed by atoms with Crippen LogP contribution in [0.5, 0.6) is 0 Å². The number of ether oxygens (including phenoxy) is 2. The molecule has 0 aliphatic rings. The van der Waals surface area contributed by atoms with Gasteiger partial charge in [0.15, 0.2) is 6.10 Å². The van der Waals surface area contributed by atoms with Crippen LogP contribution in [0.4, 0.5) is 0 Å². The fraction of sp³-hybridized carbons (Fsp3) is 0.806. The van der Waals surface area contributed by atoms with Crippen LogP contribution in [0, 0.1) is 0 Å². The maximum absolute atomic E-state index is 11.9. The van der Waals surface area contributed by atoms with Crippen molar-refractivity contribution in [1.29, 1.82) is 0 Å². The average molecular weight is 509 g/mol. The molecule has 5 nitrogen and oxygen atoms in total. The third-order valence-electron chi connectivity index (χ3n) is 6.22. The second kappa shape index (κ2) is 28.0. The first-order valence-corrected chi connectivity index (χ1v) is 14.9. The van der Waals surface area contributed by atoms with E-state index >= 15 is 0 Å². The first-order valence-electron chi connectivity index (χ1n) is 14.9. The minimum absolute atomic E-state index is 0.0754. The molecule has 0 aromatic carbocycles. The Bertz CT molecular complexity index is 555. The highest BCUT2D eigenvalue weighted by Crippen LogP contribution is 2.12. The van der Waals surface area contributed by atoms with E-state index in [2.05, 4.69) is 31.2 Å². The lowest BCUT2D eigenvalue weighted by Gasteiger charge is -2.15. The second-order valence-electron chi connectivity index (χ2n) is 9.83. The standard InChI is InChI=1S/C31H56O5/c1-3-5-6-7-8-9-10-11-12-13-14-15-16-17-18-19-20-21-22-23-24-26-31(34)36-29(27-32)28-35-30(33)25-4-2/h10-11,13-14,29,32H,3-9,12,15-28H2,1-2H3/b11-10-,14-13-. The van der Waals surface area contributed by atoms with Crippen LogP contribution < -0.4 is 0 Å². The zero-order valence-electron chi connectivity index (χ0n) is 23.5. The van der Waals surface area contributed by atoms with Gasteiger partial charge in [0.2, 0.25) is 0 Å². The van der Waals surface area contributed by atoms with Gasteiger partial charge in [0.25, 0.3) is 0 Å². The SMILES string of the molecule is CCCCCCC/C=C\C/C=C\CCCCCCCCCCCC(=O)OC(CO)COC(=O)CCC. The third kappa shape index (κ3) is 25.5. The summed E-state index contributed by atoms with van der Waals surface area (Å²) >= 11 is 0. The number of aliphatic hydroxyl groups is 1. The molecule has 1 atom stereocenters. The van der Waals surface area contributed by atoms with Crippen molar-refractivity contribution < 1.29 is 24.2 Å². The van der Waals surface area contributed by atoms with E-state index in [9.17, 15) is 14.7 Å². The van der Waals surface area contributed by atoms with Crippen molar-refractivity contribution in [3.8, 4) is 0 Å². The molecule has 1 N–H and O–H groups in total. The highest BCUT2D eigenvalue weighted by molar-refractivity contribution is 5.70. The van der Waals surface area contributed by atoms with Crippen LogP contribution >= 0.6 is 0 Å². The minimum atomic E-state index is -0.763. The Kier molecular flexibility index (Phi) is 26.7. The molecule has 0 amide bonds. The summed E-state index contributed by atoms with van der Waals surface area (Å²) in [5.41, 5.74) is 0. The number of allylic oxidation sites excluding steroid dienone is 4. The van der Waals surface area contributed by atoms with E-state index in [1.165, 1.54) is 83.5 Å². The quantitative estimate of drug-likeness (QED) is 0.0721. The lowest BCUT2D eigenvalue weighted by atomic mass is 10.1. The van der Waals surface area contributed by atoms with Gasteiger partial charge in [-0.2, -0.15) is 0 Å². The molecule has 210 valence electrons. The number of rotatable bonds is 26. The van der Waals surface area contributed by atoms with Gasteiger partial charge >= 0.3 is 11.9 Å². The molecule has 0 aromatic rings. The molecule has 0 heterocycles. The Balaban J connectivity index is 3.44. The van der Waals surface area contributed by atoms with Crippen LogP contribution in [0.2, 0.25) is 0 Å². The molecule has 0 saturated heterocycles. The Labute approximate surface area is 222 Å². The summed E-state index contributed by atoms with van der Waals surface area (Å²) in [6, 6.07) is 0. The molecular formula is C31H56O5. The maximum atomic E-state index is 11.9. The van der Waals surface area contributed by atoms with Gasteiger partial charge in [-0.3, -0.25) is 9.59 Å². The number of unbranched alkanes of at least 4 members (excludes halogenated alkanes) is 14. The molecule has 0 bridgehead atoms. The Morgan fingerprint density at radius 1 is 0.639 bits per heavy atom. The van der Waals surface area contributed by atoms with Crippen molar-refractivity contribution in [3.05, 3.63) is 24.3 Å². The molecule has 0 saturated carbocycles. The summed E-state index contributed by atoms with van der Waals surface area (Å²) in [5.74, 6) is -0.658. The Morgan fingerprint density at radius 2 is 1.17 bits per heavy atom. The summed E-state index contributed by atoms with van der Waals surface area (Å²) in [6.45, 7) is 3.74. The zero-order chi connectivity index (χ0) is 26.5. The van der Waals surface area contributed by atoms with Crippen molar-refractivity contribution in [2.45, 2.75) is 148 Å². The summed E-state index contributed by atoms with van der Waals surface area (Å²) in [6.07, 6.45) is 30.8. The number of hydrogen-bond acceptors (Lipinski definition) is 5. The fourth-order valence-corrected chi connectivity index (χ4v) is 3.97. The van der Waals surface area contributed by atoms with Crippen molar-refractivity contribution in [1.82, 2.24) is 0 Å². The van der Waals surface area contributed by atoms with Crippen LogP contribution in [0.3, 0.4) is 0 Å². The number of hydrogen-bond donors (Lipinski definition) is 1. The van der Waals surface area contributed by atoms with Gasteiger partial charge in [-0.05, 0) is 44.9 Å². The lowest BCUT2D eigenvalue weighted by molar-refractivity contribution is -0.161. The van der Waals surface area contributed by atoms with Gasteiger partial charge < -0.3 is 14.6 Å². The van der Waals surface area contributed by atoms with Gasteiger partial charge in [-0.1, -0.05) is 109 Å². The van der Waals surface area contributed by atoms with E-state index in [1.807, 2.05) is 6.92 Å². The monoisotopic (exact) mass is 508 g/mol. The highest BCUT2D eigenvalue weighted by Gasteiger charge is 2.15. The van der Waals surface area contributed by atoms with E-state index in [0.717, 1.165) is 25.7 Å². The van der Waals surface area contributed by atoms with Gasteiger partial charge in [0, 0.05) is 12.8 Å². The first-order chi connectivity index (χ1) is 17.6. The first kappa shape index (κ1) is 34.4. The van der Waals surface area contributed by atoms with E-state index in [-0.39, 0.29) is 25.2 Å². The van der Waals surface area contributed by atoms with Crippen LogP contribution in [0.15, 0.2) is 24.3 Å². The largest absolute Gasteiger partial charge is 0.462 e. The molecule has 0 aliphatic heterocycles. The van der Waals surface area contributed by atoms with Gasteiger partial charge in [0.05, 0.1) is 6.61 Å². The minimum Gasteiger partial charge on any atom is -0.462 e. The Hall–Kier alpha value is -1.62. The maximum Gasteiger partial charge on any atom is 0.306 e. The van der Waals surface area contributed by atoms with Gasteiger partial charge in [-0.15, -0.1) is 0 Å². The van der Waals surface area contributed by atoms with Crippen molar-refractivity contribution in [3.63, 3.8) is 0 Å². The number of carbonyl (C=O) groups is 2. The van der Waals surface area contributed by atoms with Crippen LogP contribution in [0.1, 0.15) is 142 Å². The van der Waals surface area contributed by atoms with Crippen molar-refractivity contribution in [2.24, 2.45) is 0 Å².